The highest BCUT2D eigenvalue weighted by atomic mass is 16.3. The second kappa shape index (κ2) is 13.0. The van der Waals surface area contributed by atoms with E-state index in [9.17, 15) is 4.11 Å². The van der Waals surface area contributed by atoms with E-state index in [1.54, 1.807) is 24.3 Å². The van der Waals surface area contributed by atoms with Crippen LogP contribution in [0.25, 0.3) is 106 Å². The zero-order chi connectivity index (χ0) is 47.4. The SMILES string of the molecule is [2H]c1c([2H])c([2H])c(-n2c3c([2H])c([2H])c([2H])c([2H])c3c3c([2H])c([2H])c(-c4ccc(-c5cccc(-c6nc(-c7ccccc7)nc(-c7ccc8c(c7)oc7ccccc78)n6)c5)cc4)c([2H])c32)c([2H])c1[2H]. The molecule has 0 N–H and O–H groups in total. The Balaban J connectivity index is 1.04. The Labute approximate surface area is 339 Å². The van der Waals surface area contributed by atoms with Gasteiger partial charge in [-0.2, -0.15) is 0 Å². The molecule has 5 heteroatoms. The molecule has 0 aliphatic carbocycles. The number of para-hydroxylation sites is 3. The minimum Gasteiger partial charge on any atom is -0.456 e. The molecule has 0 saturated carbocycles. The number of fused-ring (bicyclic) bond motifs is 6. The minimum absolute atomic E-state index is 0.0264. The van der Waals surface area contributed by atoms with Gasteiger partial charge in [0.25, 0.3) is 0 Å². The molecule has 0 amide bonds. The van der Waals surface area contributed by atoms with Gasteiger partial charge in [-0.05, 0) is 70.7 Å². The fourth-order valence-corrected chi connectivity index (χ4v) is 7.12. The van der Waals surface area contributed by atoms with E-state index >= 15 is 0 Å². The summed E-state index contributed by atoms with van der Waals surface area (Å²) in [5.74, 6) is 1.37. The monoisotopic (exact) mass is 728 g/mol. The van der Waals surface area contributed by atoms with Crippen LogP contribution in [0.15, 0.2) is 198 Å². The Kier molecular flexibility index (Phi) is 5.10. The fraction of sp³-hybridized carbons (Fsp3) is 0. The van der Waals surface area contributed by atoms with E-state index in [2.05, 4.69) is 0 Å². The first-order chi connectivity index (χ1) is 32.7. The molecule has 0 bridgehead atoms. The Bertz CT molecular complexity index is 3920. The summed E-state index contributed by atoms with van der Waals surface area (Å²) in [5, 5.41) is 1.60. The predicted octanol–water partition coefficient (Wildman–Crippen LogP) is 13.2. The molecule has 0 saturated heterocycles. The first kappa shape index (κ1) is 21.9. The Hall–Kier alpha value is -7.63. The fourth-order valence-electron chi connectivity index (χ4n) is 7.12. The summed E-state index contributed by atoms with van der Waals surface area (Å²) >= 11 is 0. The van der Waals surface area contributed by atoms with Gasteiger partial charge in [-0.3, -0.25) is 0 Å². The minimum atomic E-state index is -0.695. The molecule has 0 aliphatic heterocycles. The van der Waals surface area contributed by atoms with Crippen molar-refractivity contribution < 1.29 is 20.9 Å². The van der Waals surface area contributed by atoms with Gasteiger partial charge >= 0.3 is 0 Å². The van der Waals surface area contributed by atoms with Crippen LogP contribution < -0.4 is 0 Å². The van der Waals surface area contributed by atoms with Crippen LogP contribution in [0.2, 0.25) is 0 Å². The molecular weight excluding hydrogens is 685 g/mol. The van der Waals surface area contributed by atoms with Crippen LogP contribution in [0.4, 0.5) is 0 Å². The van der Waals surface area contributed by atoms with E-state index in [4.69, 9.17) is 31.7 Å². The Morgan fingerprint density at radius 1 is 0.393 bits per heavy atom. The number of benzene rings is 8. The molecule has 11 aromatic rings. The molecule has 0 spiro atoms. The number of aromatic nitrogens is 4. The number of nitrogens with zero attached hydrogens (tertiary/aromatic N) is 4. The van der Waals surface area contributed by atoms with Crippen molar-refractivity contribution in [3.63, 3.8) is 0 Å². The number of rotatable bonds is 6. The third kappa shape index (κ3) is 5.45. The predicted molar refractivity (Wildman–Crippen MR) is 229 cm³/mol. The molecule has 0 aliphatic rings. The average Bonchev–Trinajstić information content (AvgIpc) is 3.92. The zero-order valence-corrected chi connectivity index (χ0v) is 29.2. The molecule has 56 heavy (non-hydrogen) atoms. The van der Waals surface area contributed by atoms with Gasteiger partial charge in [-0.1, -0.05) is 145 Å². The van der Waals surface area contributed by atoms with Gasteiger partial charge in [0.2, 0.25) is 0 Å². The lowest BCUT2D eigenvalue weighted by molar-refractivity contribution is 0.669. The summed E-state index contributed by atoms with van der Waals surface area (Å²) in [6.45, 7) is 0. The Morgan fingerprint density at radius 2 is 1.00 bits per heavy atom. The van der Waals surface area contributed by atoms with Crippen molar-refractivity contribution in [2.24, 2.45) is 0 Å². The smallest absolute Gasteiger partial charge is 0.164 e. The van der Waals surface area contributed by atoms with Crippen molar-refractivity contribution in [2.45, 2.75) is 0 Å². The van der Waals surface area contributed by atoms with E-state index in [-0.39, 0.29) is 33.4 Å². The topological polar surface area (TPSA) is 56.7 Å². The van der Waals surface area contributed by atoms with Crippen LogP contribution >= 0.6 is 0 Å². The van der Waals surface area contributed by atoms with Crippen LogP contribution in [0, 0.1) is 0 Å². The highest BCUT2D eigenvalue weighted by molar-refractivity contribution is 6.10. The van der Waals surface area contributed by atoms with E-state index in [0.717, 1.165) is 43.2 Å². The number of hydrogen-bond donors (Lipinski definition) is 0. The average molecular weight is 729 g/mol. The molecule has 262 valence electrons. The highest BCUT2D eigenvalue weighted by Gasteiger charge is 2.16. The van der Waals surface area contributed by atoms with Crippen LogP contribution in [0.5, 0.6) is 0 Å². The zero-order valence-electron chi connectivity index (χ0n) is 41.2. The molecule has 11 rings (SSSR count). The molecule has 5 nitrogen and oxygen atoms in total. The van der Waals surface area contributed by atoms with Crippen molar-refractivity contribution in [3.8, 4) is 62.1 Å². The number of hydrogen-bond acceptors (Lipinski definition) is 4. The number of furan rings is 1. The normalized spacial score (nSPS) is 14.6. The van der Waals surface area contributed by atoms with Gasteiger partial charge in [0.1, 0.15) is 11.2 Å². The summed E-state index contributed by atoms with van der Waals surface area (Å²) in [7, 11) is 0. The van der Waals surface area contributed by atoms with Gasteiger partial charge in [0.05, 0.1) is 27.5 Å². The largest absolute Gasteiger partial charge is 0.456 e. The van der Waals surface area contributed by atoms with Gasteiger partial charge in [0.15, 0.2) is 17.5 Å². The summed E-state index contributed by atoms with van der Waals surface area (Å²) < 4.78 is 113. The quantitative estimate of drug-likeness (QED) is 0.171. The molecular formula is C51H32N4O. The van der Waals surface area contributed by atoms with Crippen LogP contribution in [0.3, 0.4) is 0 Å². The van der Waals surface area contributed by atoms with E-state index in [1.807, 2.05) is 97.1 Å². The standard InChI is InChI=1S/C51H32N4O/c1-3-12-35(13-4-1)49-52-50(54-51(53-49)39-27-29-44-43-19-8-10-21-47(43)56-48(44)32-39)38-15-11-14-36(30-38)33-22-24-34(25-23-33)37-26-28-42-41-18-7-9-20-45(41)55(46(42)31-37)40-16-5-2-6-17-40/h1-32H/i2D,5D,6D,7D,9D,16D,17D,18D,20D,26D,28D,31D. The summed E-state index contributed by atoms with van der Waals surface area (Å²) in [5.41, 5.74) is 4.67. The molecule has 8 aromatic carbocycles. The van der Waals surface area contributed by atoms with Crippen LogP contribution in [0.1, 0.15) is 16.4 Å². The maximum Gasteiger partial charge on any atom is 0.164 e. The van der Waals surface area contributed by atoms with E-state index in [0.29, 0.717) is 34.2 Å². The highest BCUT2D eigenvalue weighted by Crippen LogP contribution is 2.36. The molecule has 0 unspecified atom stereocenters. The summed E-state index contributed by atoms with van der Waals surface area (Å²) in [6, 6.07) is 30.9. The maximum absolute atomic E-state index is 9.62. The van der Waals surface area contributed by atoms with Crippen molar-refractivity contribution in [2.75, 3.05) is 0 Å². The lowest BCUT2D eigenvalue weighted by Crippen LogP contribution is -2.00. The van der Waals surface area contributed by atoms with Crippen molar-refractivity contribution >= 4 is 43.7 Å². The van der Waals surface area contributed by atoms with Crippen LogP contribution in [-0.2, 0) is 0 Å². The first-order valence-corrected chi connectivity index (χ1v) is 17.8. The molecule has 3 heterocycles. The van der Waals surface area contributed by atoms with Crippen molar-refractivity contribution in [1.82, 2.24) is 19.5 Å². The molecule has 0 atom stereocenters. The molecule has 0 fully saturated rings. The lowest BCUT2D eigenvalue weighted by Gasteiger charge is -2.11. The van der Waals surface area contributed by atoms with Gasteiger partial charge in [-0.25, -0.2) is 15.0 Å². The third-order valence-electron chi connectivity index (χ3n) is 9.80. The van der Waals surface area contributed by atoms with E-state index in [1.165, 1.54) is 0 Å². The van der Waals surface area contributed by atoms with Crippen LogP contribution in [-0.4, -0.2) is 19.5 Å². The Morgan fingerprint density at radius 3 is 1.82 bits per heavy atom. The van der Waals surface area contributed by atoms with E-state index < -0.39 is 72.2 Å². The summed E-state index contributed by atoms with van der Waals surface area (Å²) in [4.78, 5) is 14.8. The first-order valence-electron chi connectivity index (χ1n) is 23.8. The van der Waals surface area contributed by atoms with Crippen molar-refractivity contribution in [3.05, 3.63) is 194 Å². The second-order valence-corrected chi connectivity index (χ2v) is 13.1. The second-order valence-electron chi connectivity index (χ2n) is 13.1. The molecule has 0 radical (unpaired) electrons. The van der Waals surface area contributed by atoms with Gasteiger partial charge in [-0.15, -0.1) is 0 Å². The lowest BCUT2D eigenvalue weighted by atomic mass is 9.98. The van der Waals surface area contributed by atoms with Crippen molar-refractivity contribution in [1.29, 1.82) is 0 Å². The van der Waals surface area contributed by atoms with Gasteiger partial charge in [0, 0.05) is 43.9 Å². The third-order valence-corrected chi connectivity index (χ3v) is 9.80. The molecule has 3 aromatic heterocycles. The maximum atomic E-state index is 9.62. The summed E-state index contributed by atoms with van der Waals surface area (Å²) in [6.07, 6.45) is 0. The van der Waals surface area contributed by atoms with Gasteiger partial charge < -0.3 is 8.98 Å².